The number of hydrogen-bond donors (Lipinski definition) is 6. The number of amides is 1. The minimum atomic E-state index is -1.64. The third-order valence-corrected chi connectivity index (χ3v) is 14.3. The van der Waals surface area contributed by atoms with Gasteiger partial charge >= 0.3 is 5.97 Å². The van der Waals surface area contributed by atoms with Crippen molar-refractivity contribution in [1.82, 2.24) is 5.32 Å². The van der Waals surface area contributed by atoms with Crippen LogP contribution in [0.5, 0.6) is 0 Å². The molecule has 11 nitrogen and oxygen atoms in total. The van der Waals surface area contributed by atoms with Gasteiger partial charge in [0.05, 0.1) is 25.4 Å². The molecule has 1 heterocycles. The van der Waals surface area contributed by atoms with Crippen molar-refractivity contribution < 1.29 is 49.3 Å². The topological polar surface area (TPSA) is 175 Å². The largest absolute Gasteiger partial charge is 0.454 e. The van der Waals surface area contributed by atoms with Gasteiger partial charge in [-0.25, -0.2) is 0 Å². The van der Waals surface area contributed by atoms with Gasteiger partial charge in [0.15, 0.2) is 12.4 Å². The van der Waals surface area contributed by atoms with Gasteiger partial charge < -0.3 is 45.1 Å². The lowest BCUT2D eigenvalue weighted by Gasteiger charge is -2.41. The van der Waals surface area contributed by atoms with Crippen LogP contribution in [0.3, 0.4) is 0 Å². The smallest absolute Gasteiger partial charge is 0.306 e. The molecule has 0 radical (unpaired) electrons. The molecule has 6 N–H and O–H groups in total. The molecule has 474 valence electrons. The number of aliphatic hydroxyl groups is 5. The number of esters is 1. The molecule has 1 saturated heterocycles. The minimum Gasteiger partial charge on any atom is -0.454 e. The maximum atomic E-state index is 13.4. The van der Waals surface area contributed by atoms with E-state index in [0.717, 1.165) is 116 Å². The number of allylic oxidation sites excluding steroid dienone is 25. The first-order valence-electron chi connectivity index (χ1n) is 32.8. The summed E-state index contributed by atoms with van der Waals surface area (Å²) in [5, 5.41) is 57.0. The summed E-state index contributed by atoms with van der Waals surface area (Å²) in [5.74, 6) is -1.26. The van der Waals surface area contributed by atoms with Crippen molar-refractivity contribution in [2.24, 2.45) is 0 Å². The maximum Gasteiger partial charge on any atom is 0.306 e. The summed E-state index contributed by atoms with van der Waals surface area (Å²) in [6, 6.07) is -1.06. The fraction of sp³-hybridized carbons (Fsp3) is 0.616. The van der Waals surface area contributed by atoms with Gasteiger partial charge in [0.1, 0.15) is 24.4 Å². The lowest BCUT2D eigenvalue weighted by atomic mass is 9.99. The third kappa shape index (κ3) is 45.6. The fourth-order valence-corrected chi connectivity index (χ4v) is 9.21. The molecule has 1 rings (SSSR count). The second-order valence-corrected chi connectivity index (χ2v) is 21.9. The summed E-state index contributed by atoms with van der Waals surface area (Å²) in [6.45, 7) is 5.48. The zero-order valence-electron chi connectivity index (χ0n) is 52.4. The van der Waals surface area contributed by atoms with Crippen LogP contribution in [0.1, 0.15) is 226 Å². The summed E-state index contributed by atoms with van der Waals surface area (Å²) in [5.41, 5.74) is 0. The third-order valence-electron chi connectivity index (χ3n) is 14.3. The van der Waals surface area contributed by atoms with Crippen LogP contribution >= 0.6 is 0 Å². The molecule has 0 aromatic carbocycles. The van der Waals surface area contributed by atoms with Crippen LogP contribution in [0.4, 0.5) is 0 Å². The molecule has 1 aliphatic rings. The molecule has 0 bridgehead atoms. The van der Waals surface area contributed by atoms with Crippen LogP contribution in [-0.4, -0.2) is 99.6 Å². The number of aliphatic hydroxyl groups excluding tert-OH is 5. The van der Waals surface area contributed by atoms with Gasteiger partial charge in [-0.15, -0.1) is 0 Å². The fourth-order valence-electron chi connectivity index (χ4n) is 9.21. The molecule has 84 heavy (non-hydrogen) atoms. The van der Waals surface area contributed by atoms with Gasteiger partial charge in [-0.2, -0.15) is 0 Å². The van der Waals surface area contributed by atoms with E-state index in [1.54, 1.807) is 6.08 Å². The molecule has 0 spiro atoms. The lowest BCUT2D eigenvalue weighted by Crippen LogP contribution is -2.61. The van der Waals surface area contributed by atoms with E-state index in [9.17, 15) is 35.1 Å². The van der Waals surface area contributed by atoms with Gasteiger partial charge in [-0.1, -0.05) is 281 Å². The predicted octanol–water partition coefficient (Wildman–Crippen LogP) is 16.3. The van der Waals surface area contributed by atoms with E-state index < -0.39 is 67.4 Å². The molecule has 8 atom stereocenters. The lowest BCUT2D eigenvalue weighted by molar-refractivity contribution is -0.305. The first-order valence-corrected chi connectivity index (χ1v) is 32.8. The Morgan fingerprint density at radius 1 is 0.488 bits per heavy atom. The van der Waals surface area contributed by atoms with Gasteiger partial charge in [0.25, 0.3) is 0 Å². The van der Waals surface area contributed by atoms with Crippen molar-refractivity contribution in [2.75, 3.05) is 13.2 Å². The highest BCUT2D eigenvalue weighted by Gasteiger charge is 2.47. The molecule has 0 aromatic rings. The van der Waals surface area contributed by atoms with Crippen LogP contribution in [0.2, 0.25) is 0 Å². The SMILES string of the molecule is CC\C=C/C=C/C=C/C=C\C=C\C=C\CCCCC(O)C(=O)NC(COC1OC(CO)C(O)C(O)C1OC(=O)CCCCCCCCCC/C=C\C/C=C\C/C=C\C/C=C\C/C=C\C/C=C\CC)C(O)/C=C/CCCCCCCCCCCC. The zero-order valence-corrected chi connectivity index (χ0v) is 52.4. The molecular weight excluding hydrogens is 1050 g/mol. The summed E-state index contributed by atoms with van der Waals surface area (Å²) in [6.07, 6.45) is 75.6. The molecule has 1 fully saturated rings. The Morgan fingerprint density at radius 2 is 0.917 bits per heavy atom. The van der Waals surface area contributed by atoms with Crippen molar-refractivity contribution in [3.05, 3.63) is 158 Å². The Labute approximate surface area is 510 Å². The molecule has 0 aliphatic carbocycles. The number of hydrogen-bond acceptors (Lipinski definition) is 10. The molecule has 1 aliphatic heterocycles. The van der Waals surface area contributed by atoms with E-state index in [2.05, 4.69) is 105 Å². The summed E-state index contributed by atoms with van der Waals surface area (Å²) >= 11 is 0. The number of carbonyl (C=O) groups excluding carboxylic acids is 2. The highest BCUT2D eigenvalue weighted by atomic mass is 16.7. The molecule has 0 saturated carbocycles. The van der Waals surface area contributed by atoms with Gasteiger partial charge in [-0.05, 0) is 96.3 Å². The van der Waals surface area contributed by atoms with Crippen molar-refractivity contribution in [2.45, 2.75) is 275 Å². The van der Waals surface area contributed by atoms with Gasteiger partial charge in [0, 0.05) is 6.42 Å². The van der Waals surface area contributed by atoms with Crippen LogP contribution in [-0.2, 0) is 23.8 Å². The second-order valence-electron chi connectivity index (χ2n) is 21.9. The van der Waals surface area contributed by atoms with Crippen molar-refractivity contribution in [1.29, 1.82) is 0 Å². The van der Waals surface area contributed by atoms with Crippen LogP contribution in [0, 0.1) is 0 Å². The van der Waals surface area contributed by atoms with Crippen LogP contribution in [0.15, 0.2) is 158 Å². The molecule has 1 amide bonds. The average molecular weight is 1170 g/mol. The first-order chi connectivity index (χ1) is 41.2. The van der Waals surface area contributed by atoms with E-state index >= 15 is 0 Å². The average Bonchev–Trinajstić information content (AvgIpc) is 3.54. The van der Waals surface area contributed by atoms with Gasteiger partial charge in [-0.3, -0.25) is 9.59 Å². The Bertz CT molecular complexity index is 1970. The number of unbranched alkanes of at least 4 members (excludes halogenated alkanes) is 20. The van der Waals surface area contributed by atoms with E-state index in [0.29, 0.717) is 12.8 Å². The van der Waals surface area contributed by atoms with E-state index in [4.69, 9.17) is 14.2 Å². The zero-order chi connectivity index (χ0) is 61.0. The van der Waals surface area contributed by atoms with Crippen molar-refractivity contribution in [3.63, 3.8) is 0 Å². The Morgan fingerprint density at radius 3 is 1.43 bits per heavy atom. The number of ether oxygens (including phenoxy) is 3. The van der Waals surface area contributed by atoms with Crippen LogP contribution in [0.25, 0.3) is 0 Å². The monoisotopic (exact) mass is 1170 g/mol. The highest BCUT2D eigenvalue weighted by molar-refractivity contribution is 5.80. The van der Waals surface area contributed by atoms with Crippen molar-refractivity contribution in [3.8, 4) is 0 Å². The minimum absolute atomic E-state index is 0.0970. The van der Waals surface area contributed by atoms with E-state index in [1.165, 1.54) is 64.2 Å². The highest BCUT2D eigenvalue weighted by Crippen LogP contribution is 2.26. The second kappa shape index (κ2) is 58.7. The van der Waals surface area contributed by atoms with E-state index in [1.807, 2.05) is 72.9 Å². The number of nitrogens with one attached hydrogen (secondary N) is 1. The Hall–Kier alpha value is -4.72. The molecule has 11 heteroatoms. The molecular formula is C73H117NO10. The summed E-state index contributed by atoms with van der Waals surface area (Å²) in [4.78, 5) is 26.6. The molecule has 8 unspecified atom stereocenters. The standard InChI is InChI=1S/C73H117NO10/c1-4-7-10-13-16-19-22-25-27-29-30-31-32-33-34-35-36-37-38-39-41-43-46-49-52-55-58-61-68(78)84-71-70(80)69(79)67(62-75)83-73(71)82-63-64(65(76)59-56-53-50-47-44-24-21-18-15-12-9-6-3)74-72(81)66(77)60-57-54-51-48-45-42-40-28-26-23-20-17-14-11-8-5-2/h7-8,10-11,14,16-17,19-20,23,25-28,30-31,33-34,36-37,40,42,45,48,56,59,64-67,69-71,73,75-77,79-80H,4-6,9,12-13,15,18,21-22,24,29,32,35,38-39,41,43-44,46-47,49-55,57-58,60-63H2,1-3H3,(H,74,81)/b10-7-,11-8-,17-14+,19-16-,23-20+,27-25-,28-26-,31-30-,34-33-,37-36-,42-40+,48-45+,59-56+. The predicted molar refractivity (Wildman–Crippen MR) is 351 cm³/mol. The quantitative estimate of drug-likeness (QED) is 0.0149. The summed E-state index contributed by atoms with van der Waals surface area (Å²) in [7, 11) is 0. The molecule has 0 aromatic heterocycles. The number of carbonyl (C=O) groups is 2. The Kier molecular flexibility index (Phi) is 54.0. The Balaban J connectivity index is 2.64. The normalized spacial score (nSPS) is 19.5. The van der Waals surface area contributed by atoms with E-state index in [-0.39, 0.29) is 19.4 Å². The van der Waals surface area contributed by atoms with Crippen molar-refractivity contribution >= 4 is 11.9 Å². The van der Waals surface area contributed by atoms with Gasteiger partial charge in [0.2, 0.25) is 5.91 Å². The number of rotatable bonds is 53. The van der Waals surface area contributed by atoms with Crippen LogP contribution < -0.4 is 5.32 Å². The maximum absolute atomic E-state index is 13.4. The summed E-state index contributed by atoms with van der Waals surface area (Å²) < 4.78 is 17.6. The first kappa shape index (κ1) is 77.3.